The third-order valence-electron chi connectivity index (χ3n) is 1.15. The van der Waals surface area contributed by atoms with Gasteiger partial charge in [0.2, 0.25) is 0 Å². The molecule has 1 atom stereocenters. The Kier molecular flexibility index (Phi) is 3.00. The number of halogens is 2. The zero-order chi connectivity index (χ0) is 7.56. The van der Waals surface area contributed by atoms with E-state index in [0.717, 1.165) is 3.58 Å². The van der Waals surface area contributed by atoms with Crippen molar-refractivity contribution in [1.82, 2.24) is 5.06 Å². The average molecular weight is 271 g/mol. The van der Waals surface area contributed by atoms with Crippen molar-refractivity contribution in [2.45, 2.75) is 5.50 Å². The second-order valence-corrected chi connectivity index (χ2v) is 3.43. The molecule has 0 bridgehead atoms. The van der Waals surface area contributed by atoms with E-state index in [9.17, 15) is 0 Å². The molecule has 4 heteroatoms. The van der Waals surface area contributed by atoms with Crippen molar-refractivity contribution in [2.24, 2.45) is 0 Å². The molecule has 0 amide bonds. The fourth-order valence-electron chi connectivity index (χ4n) is 0.650. The molecule has 0 spiro atoms. The molecule has 0 aromatic rings. The largest absolute Gasteiger partial charge is 0.276 e. The second-order valence-electron chi connectivity index (χ2n) is 1.77. The predicted molar refractivity (Wildman–Crippen MR) is 49.7 cm³/mol. The summed E-state index contributed by atoms with van der Waals surface area (Å²) in [6.45, 7) is 0. The summed E-state index contributed by atoms with van der Waals surface area (Å²) in [6.07, 6.45) is 5.64. The predicted octanol–water partition coefficient (Wildman–Crippen LogP) is 2.26. The van der Waals surface area contributed by atoms with Gasteiger partial charge in [-0.3, -0.25) is 4.84 Å². The molecule has 0 saturated carbocycles. The van der Waals surface area contributed by atoms with Gasteiger partial charge in [-0.2, -0.15) is 0 Å². The van der Waals surface area contributed by atoms with E-state index in [-0.39, 0.29) is 5.50 Å². The smallest absolute Gasteiger partial charge is 0.160 e. The Labute approximate surface area is 78.6 Å². The molecule has 1 aliphatic heterocycles. The Morgan fingerprint density at radius 1 is 1.80 bits per heavy atom. The van der Waals surface area contributed by atoms with Gasteiger partial charge in [-0.1, -0.05) is 11.6 Å². The van der Waals surface area contributed by atoms with E-state index >= 15 is 0 Å². The molecular formula is C6H7ClINO. The highest BCUT2D eigenvalue weighted by atomic mass is 127. The fourth-order valence-corrected chi connectivity index (χ4v) is 1.35. The monoisotopic (exact) mass is 271 g/mol. The summed E-state index contributed by atoms with van der Waals surface area (Å²) in [5.74, 6) is 0. The van der Waals surface area contributed by atoms with Gasteiger partial charge in [0.25, 0.3) is 0 Å². The minimum absolute atomic E-state index is 0.171. The first kappa shape index (κ1) is 8.36. The maximum atomic E-state index is 5.91. The molecule has 1 unspecified atom stereocenters. The number of rotatable bonds is 1. The third-order valence-corrected chi connectivity index (χ3v) is 2.90. The van der Waals surface area contributed by atoms with E-state index in [0.29, 0.717) is 0 Å². The van der Waals surface area contributed by atoms with E-state index in [2.05, 4.69) is 22.6 Å². The van der Waals surface area contributed by atoms with Crippen LogP contribution in [0.3, 0.4) is 0 Å². The molecule has 56 valence electrons. The highest BCUT2D eigenvalue weighted by Crippen LogP contribution is 2.24. The zero-order valence-corrected chi connectivity index (χ0v) is 8.33. The van der Waals surface area contributed by atoms with Gasteiger partial charge in [0.1, 0.15) is 0 Å². The van der Waals surface area contributed by atoms with Gasteiger partial charge in [-0.15, -0.1) is 0 Å². The van der Waals surface area contributed by atoms with Gasteiger partial charge < -0.3 is 0 Å². The Morgan fingerprint density at radius 2 is 2.50 bits per heavy atom. The molecular weight excluding hydrogens is 264 g/mol. The summed E-state index contributed by atoms with van der Waals surface area (Å²) in [7, 11) is 1.59. The Hall–Kier alpha value is 0.260. The van der Waals surface area contributed by atoms with Crippen molar-refractivity contribution in [3.05, 3.63) is 21.9 Å². The van der Waals surface area contributed by atoms with E-state index < -0.39 is 0 Å². The lowest BCUT2D eigenvalue weighted by Gasteiger charge is -2.24. The van der Waals surface area contributed by atoms with Crippen LogP contribution in [-0.4, -0.2) is 17.7 Å². The van der Waals surface area contributed by atoms with E-state index in [1.807, 2.05) is 12.2 Å². The van der Waals surface area contributed by atoms with Gasteiger partial charge in [-0.25, -0.2) is 5.06 Å². The maximum Gasteiger partial charge on any atom is 0.160 e. The number of hydroxylamine groups is 2. The average Bonchev–Trinajstić information content (AvgIpc) is 1.95. The topological polar surface area (TPSA) is 12.5 Å². The second kappa shape index (κ2) is 3.59. The number of nitrogens with zero attached hydrogens (tertiary/aromatic N) is 1. The van der Waals surface area contributed by atoms with Crippen LogP contribution in [-0.2, 0) is 4.84 Å². The SMILES string of the molecule is CON1C=CC=C(I)C1Cl. The molecule has 10 heavy (non-hydrogen) atoms. The number of hydrogen-bond donors (Lipinski definition) is 0. The summed E-state index contributed by atoms with van der Waals surface area (Å²) in [5, 5.41) is 1.59. The van der Waals surface area contributed by atoms with Crippen LogP contribution in [0.1, 0.15) is 0 Å². The molecule has 0 saturated heterocycles. The molecule has 0 aliphatic carbocycles. The summed E-state index contributed by atoms with van der Waals surface area (Å²) < 4.78 is 1.06. The van der Waals surface area contributed by atoms with Crippen molar-refractivity contribution < 1.29 is 4.84 Å². The van der Waals surface area contributed by atoms with Crippen LogP contribution in [0.25, 0.3) is 0 Å². The summed E-state index contributed by atoms with van der Waals surface area (Å²) in [6, 6.07) is 0. The highest BCUT2D eigenvalue weighted by Gasteiger charge is 2.16. The Balaban J connectivity index is 2.68. The van der Waals surface area contributed by atoms with Gasteiger partial charge in [0.15, 0.2) is 5.50 Å². The van der Waals surface area contributed by atoms with Gasteiger partial charge in [-0.05, 0) is 34.7 Å². The normalized spacial score (nSPS) is 24.9. The third kappa shape index (κ3) is 1.65. The van der Waals surface area contributed by atoms with Crippen LogP contribution < -0.4 is 0 Å². The van der Waals surface area contributed by atoms with Crippen LogP contribution in [0, 0.1) is 0 Å². The first-order valence-electron chi connectivity index (χ1n) is 2.76. The molecule has 0 aromatic heterocycles. The summed E-state index contributed by atoms with van der Waals surface area (Å²) in [5.41, 5.74) is -0.171. The highest BCUT2D eigenvalue weighted by molar-refractivity contribution is 14.1. The lowest BCUT2D eigenvalue weighted by Crippen LogP contribution is -2.26. The first-order chi connectivity index (χ1) is 4.75. The molecule has 1 rings (SSSR count). The Bertz CT molecular complexity index is 181. The van der Waals surface area contributed by atoms with Crippen molar-refractivity contribution in [3.8, 4) is 0 Å². The van der Waals surface area contributed by atoms with Gasteiger partial charge >= 0.3 is 0 Å². The molecule has 1 aliphatic rings. The number of hydrogen-bond acceptors (Lipinski definition) is 2. The molecule has 0 N–H and O–H groups in total. The summed E-state index contributed by atoms with van der Waals surface area (Å²) >= 11 is 8.08. The van der Waals surface area contributed by atoms with E-state index in [4.69, 9.17) is 16.4 Å². The fraction of sp³-hybridized carbons (Fsp3) is 0.333. The van der Waals surface area contributed by atoms with Crippen LogP contribution in [0.15, 0.2) is 21.9 Å². The van der Waals surface area contributed by atoms with Crippen LogP contribution >= 0.6 is 34.2 Å². The quantitative estimate of drug-likeness (QED) is 0.412. The minimum Gasteiger partial charge on any atom is -0.276 e. The van der Waals surface area contributed by atoms with Gasteiger partial charge in [0.05, 0.1) is 7.11 Å². The minimum atomic E-state index is -0.171. The number of alkyl halides is 1. The maximum absolute atomic E-state index is 5.91. The van der Waals surface area contributed by atoms with Crippen molar-refractivity contribution >= 4 is 34.2 Å². The lowest BCUT2D eigenvalue weighted by atomic mass is 10.4. The van der Waals surface area contributed by atoms with Gasteiger partial charge in [0, 0.05) is 9.78 Å². The van der Waals surface area contributed by atoms with Crippen LogP contribution in [0.2, 0.25) is 0 Å². The standard InChI is InChI=1S/C6H7ClINO/c1-10-9-4-2-3-5(8)6(9)7/h2-4,6H,1H3. The Morgan fingerprint density at radius 3 is 3.00 bits per heavy atom. The lowest BCUT2D eigenvalue weighted by molar-refractivity contribution is -0.0901. The molecule has 2 nitrogen and oxygen atoms in total. The number of allylic oxidation sites excluding steroid dienone is 2. The summed E-state index contributed by atoms with van der Waals surface area (Å²) in [4.78, 5) is 4.94. The molecule has 0 aromatic carbocycles. The first-order valence-corrected chi connectivity index (χ1v) is 4.27. The van der Waals surface area contributed by atoms with E-state index in [1.54, 1.807) is 18.4 Å². The van der Waals surface area contributed by atoms with Crippen molar-refractivity contribution in [2.75, 3.05) is 7.11 Å². The van der Waals surface area contributed by atoms with Crippen molar-refractivity contribution in [3.63, 3.8) is 0 Å². The molecule has 0 radical (unpaired) electrons. The van der Waals surface area contributed by atoms with Crippen LogP contribution in [0.5, 0.6) is 0 Å². The molecule has 0 fully saturated rings. The van der Waals surface area contributed by atoms with Crippen LogP contribution in [0.4, 0.5) is 0 Å². The zero-order valence-electron chi connectivity index (χ0n) is 5.42. The van der Waals surface area contributed by atoms with E-state index in [1.165, 1.54) is 0 Å². The molecule has 1 heterocycles. The van der Waals surface area contributed by atoms with Crippen molar-refractivity contribution in [1.29, 1.82) is 0 Å².